The summed E-state index contributed by atoms with van der Waals surface area (Å²) >= 11 is 0. The van der Waals surface area contributed by atoms with E-state index in [1.54, 1.807) is 6.08 Å². The summed E-state index contributed by atoms with van der Waals surface area (Å²) in [6, 6.07) is 0. The van der Waals surface area contributed by atoms with Crippen LogP contribution < -0.4 is 0 Å². The van der Waals surface area contributed by atoms with Gasteiger partial charge in [-0.2, -0.15) is 0 Å². The Bertz CT molecular complexity index is 890. The molecule has 4 aliphatic carbocycles. The van der Waals surface area contributed by atoms with Crippen LogP contribution in [0.15, 0.2) is 12.2 Å². The van der Waals surface area contributed by atoms with Gasteiger partial charge in [0.15, 0.2) is 18.2 Å². The number of hydrogen-bond acceptors (Lipinski definition) is 8. The fourth-order valence-electron chi connectivity index (χ4n) is 8.21. The summed E-state index contributed by atoms with van der Waals surface area (Å²) in [5, 5.41) is 52.1. The Balaban J connectivity index is 1.38. The van der Waals surface area contributed by atoms with Crippen LogP contribution >= 0.6 is 0 Å². The van der Waals surface area contributed by atoms with Gasteiger partial charge >= 0.3 is 5.97 Å². The van der Waals surface area contributed by atoms with Crippen LogP contribution in [0.2, 0.25) is 0 Å². The number of hydrogen-bond donors (Lipinski definition) is 5. The van der Waals surface area contributed by atoms with E-state index in [0.717, 1.165) is 19.3 Å². The second-order valence-corrected chi connectivity index (χ2v) is 11.7. The number of aliphatic carboxylic acids is 1. The van der Waals surface area contributed by atoms with Gasteiger partial charge in [-0.1, -0.05) is 19.9 Å². The molecular weight excluding hydrogens is 444 g/mol. The fraction of sp³-hybridized carbons (Fsp3) is 0.840. The van der Waals surface area contributed by atoms with Crippen LogP contribution in [-0.4, -0.2) is 79.7 Å². The molecule has 1 heterocycles. The number of carboxylic acids is 1. The molecule has 34 heavy (non-hydrogen) atoms. The highest BCUT2D eigenvalue weighted by molar-refractivity contribution is 5.91. The van der Waals surface area contributed by atoms with Crippen LogP contribution in [0, 0.1) is 28.6 Å². The van der Waals surface area contributed by atoms with E-state index < -0.39 is 53.8 Å². The molecule has 9 heteroatoms. The zero-order chi connectivity index (χ0) is 24.6. The van der Waals surface area contributed by atoms with E-state index in [1.807, 2.05) is 6.08 Å². The van der Waals surface area contributed by atoms with Crippen molar-refractivity contribution in [3.8, 4) is 0 Å². The third-order valence-electron chi connectivity index (χ3n) is 10.1. The molecule has 5 aliphatic rings. The van der Waals surface area contributed by atoms with Gasteiger partial charge in [0.2, 0.25) is 0 Å². The number of ether oxygens (including phenoxy) is 2. The van der Waals surface area contributed by atoms with Gasteiger partial charge in [0.05, 0.1) is 11.7 Å². The van der Waals surface area contributed by atoms with Crippen molar-refractivity contribution in [2.45, 2.75) is 101 Å². The molecule has 0 bridgehead atoms. The largest absolute Gasteiger partial charge is 0.479 e. The maximum Gasteiger partial charge on any atom is 0.335 e. The van der Waals surface area contributed by atoms with E-state index in [1.165, 1.54) is 0 Å². The molecule has 0 spiro atoms. The van der Waals surface area contributed by atoms with Crippen molar-refractivity contribution in [3.63, 3.8) is 0 Å². The Morgan fingerprint density at radius 1 is 1.03 bits per heavy atom. The highest BCUT2D eigenvalue weighted by Crippen LogP contribution is 2.67. The predicted octanol–water partition coefficient (Wildman–Crippen LogP) is 0.766. The van der Waals surface area contributed by atoms with Crippen LogP contribution in [0.5, 0.6) is 0 Å². The van der Waals surface area contributed by atoms with Gasteiger partial charge in [0.1, 0.15) is 18.3 Å². The lowest BCUT2D eigenvalue weighted by Crippen LogP contribution is -2.64. The van der Waals surface area contributed by atoms with Crippen molar-refractivity contribution in [1.29, 1.82) is 0 Å². The first-order chi connectivity index (χ1) is 15.9. The van der Waals surface area contributed by atoms with E-state index in [4.69, 9.17) is 9.47 Å². The van der Waals surface area contributed by atoms with Gasteiger partial charge in [0.25, 0.3) is 0 Å². The lowest BCUT2D eigenvalue weighted by molar-refractivity contribution is -0.315. The molecule has 1 aliphatic heterocycles. The predicted molar refractivity (Wildman–Crippen MR) is 117 cm³/mol. The molecule has 1 saturated heterocycles. The smallest absolute Gasteiger partial charge is 0.335 e. The number of carbonyl (C=O) groups is 2. The van der Waals surface area contributed by atoms with E-state index >= 15 is 0 Å². The summed E-state index contributed by atoms with van der Waals surface area (Å²) in [5.74, 6) is -1.08. The van der Waals surface area contributed by atoms with Gasteiger partial charge in [0, 0.05) is 6.42 Å². The molecule has 5 rings (SSSR count). The summed E-state index contributed by atoms with van der Waals surface area (Å²) < 4.78 is 11.5. The Kier molecular flexibility index (Phi) is 5.78. The summed E-state index contributed by atoms with van der Waals surface area (Å²) in [6.45, 7) is 4.25. The number of fused-ring (bicyclic) bond motifs is 5. The van der Waals surface area contributed by atoms with Crippen molar-refractivity contribution < 1.29 is 44.6 Å². The Morgan fingerprint density at radius 3 is 2.47 bits per heavy atom. The molecule has 2 unspecified atom stereocenters. The van der Waals surface area contributed by atoms with Gasteiger partial charge < -0.3 is 35.0 Å². The van der Waals surface area contributed by atoms with Crippen LogP contribution in [-0.2, 0) is 19.1 Å². The number of aliphatic hydroxyl groups excluding tert-OH is 3. The van der Waals surface area contributed by atoms with Gasteiger partial charge in [-0.25, -0.2) is 4.79 Å². The first kappa shape index (κ1) is 24.3. The normalized spacial score (nSPS) is 54.8. The van der Waals surface area contributed by atoms with E-state index in [0.29, 0.717) is 25.7 Å². The molecule has 0 aromatic rings. The minimum absolute atomic E-state index is 0.0322. The second kappa shape index (κ2) is 8.08. The first-order valence-corrected chi connectivity index (χ1v) is 12.4. The Labute approximate surface area is 198 Å². The molecule has 0 aromatic carbocycles. The number of aliphatic hydroxyl groups is 4. The lowest BCUT2D eigenvalue weighted by atomic mass is 9.44. The van der Waals surface area contributed by atoms with E-state index in [2.05, 4.69) is 13.8 Å². The molecule has 190 valence electrons. The lowest BCUT2D eigenvalue weighted by Gasteiger charge is -2.63. The van der Waals surface area contributed by atoms with Crippen molar-refractivity contribution in [1.82, 2.24) is 0 Å². The molecule has 12 atom stereocenters. The maximum atomic E-state index is 12.2. The number of carbonyl (C=O) groups excluding carboxylic acids is 1. The van der Waals surface area contributed by atoms with Crippen molar-refractivity contribution in [3.05, 3.63) is 12.2 Å². The SMILES string of the molecule is C[C@]12C=CC(=O)C[C@@H]1CC[C@]1(O)[C@@H]2CC[C@]2(C)[C@@H](O[C@@H]3OC(C(=O)O)[C@@H](O)[C@@H](O)C3O)CC[C@H]21. The fourth-order valence-corrected chi connectivity index (χ4v) is 8.21. The number of allylic oxidation sites excluding steroid dienone is 2. The highest BCUT2D eigenvalue weighted by Gasteiger charge is 2.67. The van der Waals surface area contributed by atoms with Crippen LogP contribution in [0.4, 0.5) is 0 Å². The van der Waals surface area contributed by atoms with Gasteiger partial charge in [-0.05, 0) is 73.2 Å². The van der Waals surface area contributed by atoms with Crippen molar-refractivity contribution in [2.24, 2.45) is 28.6 Å². The summed E-state index contributed by atoms with van der Waals surface area (Å²) in [4.78, 5) is 23.5. The quantitative estimate of drug-likeness (QED) is 0.394. The molecular formula is C25H36O9. The van der Waals surface area contributed by atoms with Crippen molar-refractivity contribution >= 4 is 11.8 Å². The second-order valence-electron chi connectivity index (χ2n) is 11.7. The third kappa shape index (κ3) is 3.35. The summed E-state index contributed by atoms with van der Waals surface area (Å²) in [7, 11) is 0. The minimum atomic E-state index is -1.76. The maximum absolute atomic E-state index is 12.2. The highest BCUT2D eigenvalue weighted by atomic mass is 16.7. The zero-order valence-corrected chi connectivity index (χ0v) is 19.7. The first-order valence-electron chi connectivity index (χ1n) is 12.4. The van der Waals surface area contributed by atoms with Crippen LogP contribution in [0.25, 0.3) is 0 Å². The Hall–Kier alpha value is -1.36. The molecule has 0 radical (unpaired) electrons. The zero-order valence-electron chi connectivity index (χ0n) is 19.7. The molecule has 3 saturated carbocycles. The summed E-state index contributed by atoms with van der Waals surface area (Å²) in [5.41, 5.74) is -1.57. The van der Waals surface area contributed by atoms with Gasteiger partial charge in [-0.15, -0.1) is 0 Å². The van der Waals surface area contributed by atoms with Crippen LogP contribution in [0.1, 0.15) is 58.8 Å². The molecule has 9 nitrogen and oxygen atoms in total. The van der Waals surface area contributed by atoms with E-state index in [9.17, 15) is 35.1 Å². The standard InChI is InChI=1S/C25H36O9/c1-23-8-6-13(26)11-12(23)5-10-25(32)14-3-4-16(24(14,2)9-7-15(23)25)33-22-19(29)17(27)18(28)20(34-22)21(30)31/h6,8,12,14-20,22,27-29,32H,3-5,7,9-11H2,1-2H3,(H,30,31)/t12-,14+,15+,16-,17+,18-,19?,20?,22+,23-,24-,25+/m0/s1. The summed E-state index contributed by atoms with van der Waals surface area (Å²) in [6.07, 6.45) is -0.0682. The minimum Gasteiger partial charge on any atom is -0.479 e. The van der Waals surface area contributed by atoms with E-state index in [-0.39, 0.29) is 29.0 Å². The number of rotatable bonds is 3. The van der Waals surface area contributed by atoms with Crippen molar-refractivity contribution in [2.75, 3.05) is 0 Å². The monoisotopic (exact) mass is 480 g/mol. The molecule has 5 N–H and O–H groups in total. The van der Waals surface area contributed by atoms with Crippen LogP contribution in [0.3, 0.4) is 0 Å². The number of carboxylic acid groups (broad SMARTS) is 1. The molecule has 4 fully saturated rings. The number of ketones is 1. The average Bonchev–Trinajstić information content (AvgIpc) is 3.11. The molecule has 0 aromatic heterocycles. The molecule has 0 amide bonds. The van der Waals surface area contributed by atoms with Gasteiger partial charge in [-0.3, -0.25) is 4.79 Å². The average molecular weight is 481 g/mol. The third-order valence-corrected chi connectivity index (χ3v) is 10.1. The topological polar surface area (TPSA) is 154 Å². The Morgan fingerprint density at radius 2 is 1.76 bits per heavy atom.